The highest BCUT2D eigenvalue weighted by Crippen LogP contribution is 2.16. The Kier molecular flexibility index (Phi) is 7.53. The molecule has 0 aliphatic heterocycles. The van der Waals surface area contributed by atoms with Crippen LogP contribution in [0.1, 0.15) is 37.6 Å². The number of nitrogens with one attached hydrogen (secondary N) is 1. The highest BCUT2D eigenvalue weighted by atomic mass is 32.2. The van der Waals surface area contributed by atoms with Gasteiger partial charge in [0.2, 0.25) is 10.0 Å². The summed E-state index contributed by atoms with van der Waals surface area (Å²) in [6.07, 6.45) is -0.337. The van der Waals surface area contributed by atoms with E-state index in [0.717, 1.165) is 0 Å². The summed E-state index contributed by atoms with van der Waals surface area (Å²) in [6, 6.07) is 14.2. The zero-order chi connectivity index (χ0) is 21.6. The van der Waals surface area contributed by atoms with E-state index in [2.05, 4.69) is 4.72 Å². The summed E-state index contributed by atoms with van der Waals surface area (Å²) in [5.41, 5.74) is 0.846. The van der Waals surface area contributed by atoms with Crippen LogP contribution in [0.3, 0.4) is 0 Å². The van der Waals surface area contributed by atoms with Crippen molar-refractivity contribution in [2.45, 2.75) is 44.2 Å². The minimum atomic E-state index is -3.66. The van der Waals surface area contributed by atoms with E-state index in [1.54, 1.807) is 26.1 Å². The first kappa shape index (κ1) is 22.6. The van der Waals surface area contributed by atoms with Gasteiger partial charge in [-0.2, -0.15) is 0 Å². The monoisotopic (exact) mass is 418 g/mol. The zero-order valence-electron chi connectivity index (χ0n) is 17.0. The van der Waals surface area contributed by atoms with Crippen molar-refractivity contribution in [3.8, 4) is 0 Å². The number of esters is 1. The molecule has 2 aromatic rings. The summed E-state index contributed by atoms with van der Waals surface area (Å²) in [5, 5.41) is 0. The van der Waals surface area contributed by atoms with Gasteiger partial charge in [-0.25, -0.2) is 17.9 Å². The zero-order valence-corrected chi connectivity index (χ0v) is 17.8. The van der Waals surface area contributed by atoms with Crippen LogP contribution < -0.4 is 9.62 Å². The van der Waals surface area contributed by atoms with E-state index in [9.17, 15) is 18.0 Å². The molecule has 2 atom stereocenters. The van der Waals surface area contributed by atoms with Gasteiger partial charge in [-0.3, -0.25) is 4.79 Å². The maximum Gasteiger partial charge on any atom is 0.338 e. The molecule has 0 spiro atoms. The van der Waals surface area contributed by atoms with E-state index in [1.165, 1.54) is 36.1 Å². The standard InChI is InChI=1S/C21H26N2O5S/c1-5-15(2)22-29(26,27)19-13-11-17(12-14-19)21(25)28-16(3)20(24)23(4)18-9-7-6-8-10-18/h6-16,22H,5H2,1-4H3. The molecule has 0 aromatic heterocycles. The number of nitrogens with zero attached hydrogens (tertiary/aromatic N) is 1. The van der Waals surface area contributed by atoms with Crippen molar-refractivity contribution in [1.29, 1.82) is 0 Å². The number of likely N-dealkylation sites (N-methyl/N-ethyl adjacent to an activating group) is 1. The molecule has 0 bridgehead atoms. The first-order chi connectivity index (χ1) is 13.7. The molecular weight excluding hydrogens is 392 g/mol. The van der Waals surface area contributed by atoms with E-state index in [1.807, 2.05) is 25.1 Å². The van der Waals surface area contributed by atoms with Crippen LogP contribution in [0, 0.1) is 0 Å². The largest absolute Gasteiger partial charge is 0.449 e. The van der Waals surface area contributed by atoms with Gasteiger partial charge < -0.3 is 9.64 Å². The number of anilines is 1. The number of carbonyl (C=O) groups is 2. The summed E-state index contributed by atoms with van der Waals surface area (Å²) in [6.45, 7) is 5.15. The smallest absolute Gasteiger partial charge is 0.338 e. The van der Waals surface area contributed by atoms with E-state index >= 15 is 0 Å². The molecule has 0 saturated heterocycles. The summed E-state index contributed by atoms with van der Waals surface area (Å²) in [7, 11) is -2.05. The van der Waals surface area contributed by atoms with Gasteiger partial charge in [0.1, 0.15) is 0 Å². The molecule has 0 aliphatic rings. The number of amides is 1. The van der Waals surface area contributed by atoms with Crippen molar-refractivity contribution in [3.05, 3.63) is 60.2 Å². The lowest BCUT2D eigenvalue weighted by Gasteiger charge is -2.21. The van der Waals surface area contributed by atoms with Crippen LogP contribution in [-0.4, -0.2) is 39.5 Å². The molecular formula is C21H26N2O5S. The summed E-state index contributed by atoms with van der Waals surface area (Å²) in [4.78, 5) is 26.3. The van der Waals surface area contributed by atoms with Gasteiger partial charge in [-0.15, -0.1) is 0 Å². The van der Waals surface area contributed by atoms with Crippen LogP contribution in [-0.2, 0) is 19.6 Å². The lowest BCUT2D eigenvalue weighted by atomic mass is 10.2. The van der Waals surface area contributed by atoms with Crippen molar-refractivity contribution in [2.75, 3.05) is 11.9 Å². The van der Waals surface area contributed by atoms with Crippen LogP contribution in [0.15, 0.2) is 59.5 Å². The molecule has 156 valence electrons. The predicted octanol–water partition coefficient (Wildman–Crippen LogP) is 2.97. The Morgan fingerprint density at radius 2 is 1.62 bits per heavy atom. The van der Waals surface area contributed by atoms with E-state index in [4.69, 9.17) is 4.74 Å². The summed E-state index contributed by atoms with van der Waals surface area (Å²) >= 11 is 0. The van der Waals surface area contributed by atoms with E-state index < -0.39 is 22.1 Å². The van der Waals surface area contributed by atoms with Gasteiger partial charge in [0.15, 0.2) is 6.10 Å². The SMILES string of the molecule is CCC(C)NS(=O)(=O)c1ccc(C(=O)OC(C)C(=O)N(C)c2ccccc2)cc1. The normalized spacial score (nSPS) is 13.4. The van der Waals surface area contributed by atoms with Gasteiger partial charge in [-0.05, 0) is 56.7 Å². The number of para-hydroxylation sites is 1. The average Bonchev–Trinajstić information content (AvgIpc) is 2.72. The fourth-order valence-corrected chi connectivity index (χ4v) is 3.84. The fourth-order valence-electron chi connectivity index (χ4n) is 2.52. The Balaban J connectivity index is 2.04. The van der Waals surface area contributed by atoms with Crippen LogP contribution in [0.25, 0.3) is 0 Å². The maximum atomic E-state index is 12.5. The van der Waals surface area contributed by atoms with Crippen molar-refractivity contribution in [3.63, 3.8) is 0 Å². The Morgan fingerprint density at radius 3 is 2.17 bits per heavy atom. The van der Waals surface area contributed by atoms with Crippen LogP contribution in [0.5, 0.6) is 0 Å². The van der Waals surface area contributed by atoms with Gasteiger partial charge in [0, 0.05) is 18.8 Å². The van der Waals surface area contributed by atoms with Crippen molar-refractivity contribution >= 4 is 27.6 Å². The molecule has 2 aromatic carbocycles. The second-order valence-corrected chi connectivity index (χ2v) is 8.45. The third-order valence-electron chi connectivity index (χ3n) is 4.47. The maximum absolute atomic E-state index is 12.5. The molecule has 7 nitrogen and oxygen atoms in total. The Bertz CT molecular complexity index is 943. The second-order valence-electron chi connectivity index (χ2n) is 6.74. The molecule has 0 radical (unpaired) electrons. The molecule has 1 N–H and O–H groups in total. The number of benzene rings is 2. The fraction of sp³-hybridized carbons (Fsp3) is 0.333. The third kappa shape index (κ3) is 5.88. The van der Waals surface area contributed by atoms with Crippen molar-refractivity contribution < 1.29 is 22.7 Å². The lowest BCUT2D eigenvalue weighted by Crippen LogP contribution is -2.37. The molecule has 0 fully saturated rings. The number of rotatable bonds is 8. The highest BCUT2D eigenvalue weighted by Gasteiger charge is 2.23. The Morgan fingerprint density at radius 1 is 1.03 bits per heavy atom. The third-order valence-corrected chi connectivity index (χ3v) is 6.08. The lowest BCUT2D eigenvalue weighted by molar-refractivity contribution is -0.126. The van der Waals surface area contributed by atoms with E-state index in [0.29, 0.717) is 12.1 Å². The topological polar surface area (TPSA) is 92.8 Å². The van der Waals surface area contributed by atoms with Gasteiger partial charge in [0.05, 0.1) is 10.5 Å². The predicted molar refractivity (Wildman–Crippen MR) is 111 cm³/mol. The van der Waals surface area contributed by atoms with Crippen LogP contribution in [0.2, 0.25) is 0 Å². The molecule has 0 saturated carbocycles. The number of ether oxygens (including phenoxy) is 1. The number of hydrogen-bond acceptors (Lipinski definition) is 5. The Labute approximate surface area is 171 Å². The second kappa shape index (κ2) is 9.67. The Hall–Kier alpha value is -2.71. The first-order valence-electron chi connectivity index (χ1n) is 9.31. The van der Waals surface area contributed by atoms with Gasteiger partial charge >= 0.3 is 5.97 Å². The van der Waals surface area contributed by atoms with Gasteiger partial charge in [0.25, 0.3) is 5.91 Å². The average molecular weight is 419 g/mol. The molecule has 0 aliphatic carbocycles. The quantitative estimate of drug-likeness (QED) is 0.666. The van der Waals surface area contributed by atoms with Crippen molar-refractivity contribution in [1.82, 2.24) is 4.72 Å². The molecule has 2 rings (SSSR count). The van der Waals surface area contributed by atoms with Crippen molar-refractivity contribution in [2.24, 2.45) is 0 Å². The molecule has 29 heavy (non-hydrogen) atoms. The minimum absolute atomic E-state index is 0.0577. The van der Waals surface area contributed by atoms with Gasteiger partial charge in [-0.1, -0.05) is 25.1 Å². The molecule has 8 heteroatoms. The first-order valence-corrected chi connectivity index (χ1v) is 10.8. The molecule has 0 heterocycles. The van der Waals surface area contributed by atoms with Crippen LogP contribution in [0.4, 0.5) is 5.69 Å². The number of carbonyl (C=O) groups excluding carboxylic acids is 2. The highest BCUT2D eigenvalue weighted by molar-refractivity contribution is 7.89. The summed E-state index contributed by atoms with van der Waals surface area (Å²) < 4.78 is 32.4. The summed E-state index contributed by atoms with van der Waals surface area (Å²) in [5.74, 6) is -1.08. The van der Waals surface area contributed by atoms with E-state index in [-0.39, 0.29) is 22.4 Å². The number of hydrogen-bond donors (Lipinski definition) is 1. The number of sulfonamides is 1. The molecule has 1 amide bonds. The molecule has 2 unspecified atom stereocenters. The minimum Gasteiger partial charge on any atom is -0.449 e. The van der Waals surface area contributed by atoms with Crippen LogP contribution >= 0.6 is 0 Å².